The summed E-state index contributed by atoms with van der Waals surface area (Å²) in [5.74, 6) is 1.18. The second-order valence-electron chi connectivity index (χ2n) is 8.02. The lowest BCUT2D eigenvalue weighted by Crippen LogP contribution is -2.34. The molecule has 0 saturated carbocycles. The zero-order chi connectivity index (χ0) is 23.8. The number of aromatic hydroxyl groups is 1. The lowest BCUT2D eigenvalue weighted by molar-refractivity contribution is -0.111. The van der Waals surface area contributed by atoms with Crippen molar-refractivity contribution in [1.29, 1.82) is 0 Å². The van der Waals surface area contributed by atoms with Crippen LogP contribution in [0.15, 0.2) is 72.8 Å². The number of hydrogen-bond acceptors (Lipinski definition) is 5. The zero-order valence-corrected chi connectivity index (χ0v) is 19.4. The molecule has 3 N–H and O–H groups in total. The standard InChI is InChI=1S/C27H27ClN2O4/c28-24-10-8-19(16-26(24)31)9-11-27(32)30-25-7-2-1-4-20(25)18-33-22-5-3-6-23(17-22)34-21-12-14-29-15-13-21/h1-11,16-17,21,29,31H,12-15,18H2,(H,30,32)/b11-9+. The van der Waals surface area contributed by atoms with Crippen molar-refractivity contribution in [3.05, 3.63) is 89.0 Å². The molecule has 1 aliphatic rings. The monoisotopic (exact) mass is 478 g/mol. The van der Waals surface area contributed by atoms with Gasteiger partial charge in [-0.3, -0.25) is 4.79 Å². The molecule has 0 aliphatic carbocycles. The van der Waals surface area contributed by atoms with E-state index in [0.29, 0.717) is 23.6 Å². The van der Waals surface area contributed by atoms with Crippen molar-refractivity contribution in [2.24, 2.45) is 0 Å². The number of rotatable bonds is 8. The maximum absolute atomic E-state index is 12.4. The van der Waals surface area contributed by atoms with Gasteiger partial charge in [0.1, 0.15) is 30.0 Å². The Balaban J connectivity index is 1.36. The summed E-state index contributed by atoms with van der Waals surface area (Å²) in [6.07, 6.45) is 5.22. The van der Waals surface area contributed by atoms with E-state index in [1.165, 1.54) is 12.1 Å². The zero-order valence-electron chi connectivity index (χ0n) is 18.7. The number of amides is 1. The van der Waals surface area contributed by atoms with Crippen LogP contribution in [-0.4, -0.2) is 30.2 Å². The highest BCUT2D eigenvalue weighted by Gasteiger charge is 2.14. The van der Waals surface area contributed by atoms with Crippen molar-refractivity contribution in [3.63, 3.8) is 0 Å². The van der Waals surface area contributed by atoms with Crippen LogP contribution in [0.2, 0.25) is 5.02 Å². The molecule has 7 heteroatoms. The predicted octanol–water partition coefficient (Wildman–Crippen LogP) is 5.41. The van der Waals surface area contributed by atoms with E-state index in [-0.39, 0.29) is 22.8 Å². The first kappa shape index (κ1) is 23.7. The molecule has 0 aromatic heterocycles. The SMILES string of the molecule is O=C(/C=C/c1ccc(Cl)c(O)c1)Nc1ccccc1COc1cccc(OC2CCNCC2)c1. The number of hydrogen-bond donors (Lipinski definition) is 3. The summed E-state index contributed by atoms with van der Waals surface area (Å²) in [5, 5.41) is 16.2. The van der Waals surface area contributed by atoms with Crippen LogP contribution < -0.4 is 20.1 Å². The van der Waals surface area contributed by atoms with Crippen LogP contribution in [0, 0.1) is 0 Å². The fraction of sp³-hybridized carbons (Fsp3) is 0.222. The van der Waals surface area contributed by atoms with Crippen molar-refractivity contribution in [2.45, 2.75) is 25.6 Å². The number of phenols is 1. The molecule has 34 heavy (non-hydrogen) atoms. The van der Waals surface area contributed by atoms with Gasteiger partial charge in [0.05, 0.1) is 5.02 Å². The van der Waals surface area contributed by atoms with Crippen molar-refractivity contribution >= 4 is 29.3 Å². The van der Waals surface area contributed by atoms with Crippen LogP contribution >= 0.6 is 11.6 Å². The predicted molar refractivity (Wildman–Crippen MR) is 135 cm³/mol. The van der Waals surface area contributed by atoms with E-state index in [9.17, 15) is 9.90 Å². The van der Waals surface area contributed by atoms with Crippen LogP contribution in [0.1, 0.15) is 24.0 Å². The largest absolute Gasteiger partial charge is 0.506 e. The molecule has 176 valence electrons. The van der Waals surface area contributed by atoms with Gasteiger partial charge in [0, 0.05) is 23.4 Å². The highest BCUT2D eigenvalue weighted by Crippen LogP contribution is 2.25. The van der Waals surface area contributed by atoms with Gasteiger partial charge in [-0.1, -0.05) is 41.9 Å². The fourth-order valence-corrected chi connectivity index (χ4v) is 3.77. The Morgan fingerprint density at radius 2 is 1.85 bits per heavy atom. The van der Waals surface area contributed by atoms with Gasteiger partial charge in [0.2, 0.25) is 5.91 Å². The normalized spacial score (nSPS) is 14.1. The van der Waals surface area contributed by atoms with E-state index in [1.807, 2.05) is 48.5 Å². The van der Waals surface area contributed by atoms with Gasteiger partial charge >= 0.3 is 0 Å². The third kappa shape index (κ3) is 6.76. The van der Waals surface area contributed by atoms with Gasteiger partial charge < -0.3 is 25.2 Å². The molecular weight excluding hydrogens is 452 g/mol. The van der Waals surface area contributed by atoms with E-state index in [0.717, 1.165) is 37.2 Å². The van der Waals surface area contributed by atoms with Crippen molar-refractivity contribution in [1.82, 2.24) is 5.32 Å². The molecular formula is C27H27ClN2O4. The molecule has 0 atom stereocenters. The minimum Gasteiger partial charge on any atom is -0.506 e. The second kappa shape index (κ2) is 11.6. The summed E-state index contributed by atoms with van der Waals surface area (Å²) in [6.45, 7) is 2.24. The number of halogens is 1. The molecule has 3 aromatic carbocycles. The van der Waals surface area contributed by atoms with Crippen molar-refractivity contribution < 1.29 is 19.4 Å². The van der Waals surface area contributed by atoms with E-state index in [2.05, 4.69) is 10.6 Å². The molecule has 0 unspecified atom stereocenters. The van der Waals surface area contributed by atoms with Crippen molar-refractivity contribution in [3.8, 4) is 17.2 Å². The summed E-state index contributed by atoms with van der Waals surface area (Å²) < 4.78 is 12.1. The van der Waals surface area contributed by atoms with Crippen molar-refractivity contribution in [2.75, 3.05) is 18.4 Å². The molecule has 0 bridgehead atoms. The van der Waals surface area contributed by atoms with Gasteiger partial charge in [-0.05, 0) is 67.9 Å². The van der Waals surface area contributed by atoms with Crippen LogP contribution in [0.4, 0.5) is 5.69 Å². The third-order valence-electron chi connectivity index (χ3n) is 5.46. The number of benzene rings is 3. The van der Waals surface area contributed by atoms with E-state index >= 15 is 0 Å². The number of anilines is 1. The summed E-state index contributed by atoms with van der Waals surface area (Å²) in [6, 6.07) is 19.9. The second-order valence-corrected chi connectivity index (χ2v) is 8.43. The van der Waals surface area contributed by atoms with Gasteiger partial charge in [-0.2, -0.15) is 0 Å². The number of ether oxygens (including phenoxy) is 2. The Kier molecular flexibility index (Phi) is 8.07. The number of piperidine rings is 1. The number of carbonyl (C=O) groups excluding carboxylic acids is 1. The van der Waals surface area contributed by atoms with Crippen LogP contribution in [0.3, 0.4) is 0 Å². The molecule has 6 nitrogen and oxygen atoms in total. The van der Waals surface area contributed by atoms with Crippen LogP contribution in [0.5, 0.6) is 17.2 Å². The van der Waals surface area contributed by atoms with Gasteiger partial charge in [-0.25, -0.2) is 0 Å². The highest BCUT2D eigenvalue weighted by atomic mass is 35.5. The van der Waals surface area contributed by atoms with E-state index < -0.39 is 0 Å². The minimum atomic E-state index is -0.292. The smallest absolute Gasteiger partial charge is 0.248 e. The summed E-state index contributed by atoms with van der Waals surface area (Å²) in [7, 11) is 0. The maximum Gasteiger partial charge on any atom is 0.248 e. The minimum absolute atomic E-state index is 0.0306. The first-order valence-corrected chi connectivity index (χ1v) is 11.6. The quantitative estimate of drug-likeness (QED) is 0.377. The van der Waals surface area contributed by atoms with Gasteiger partial charge in [0.25, 0.3) is 0 Å². The third-order valence-corrected chi connectivity index (χ3v) is 5.78. The lowest BCUT2D eigenvalue weighted by atomic mass is 10.1. The first-order chi connectivity index (χ1) is 16.6. The molecule has 1 aliphatic heterocycles. The van der Waals surface area contributed by atoms with Crippen LogP contribution in [0.25, 0.3) is 6.08 Å². The molecule has 1 heterocycles. The molecule has 4 rings (SSSR count). The fourth-order valence-electron chi connectivity index (χ4n) is 3.65. The maximum atomic E-state index is 12.4. The Labute approximate surface area is 204 Å². The number of para-hydroxylation sites is 1. The summed E-state index contributed by atoms with van der Waals surface area (Å²) >= 11 is 5.82. The lowest BCUT2D eigenvalue weighted by Gasteiger charge is -2.24. The van der Waals surface area contributed by atoms with Crippen LogP contribution in [-0.2, 0) is 11.4 Å². The molecule has 1 fully saturated rings. The topological polar surface area (TPSA) is 79.8 Å². The Hall–Kier alpha value is -3.48. The first-order valence-electron chi connectivity index (χ1n) is 11.2. The van der Waals surface area contributed by atoms with E-state index in [1.54, 1.807) is 18.2 Å². The van der Waals surface area contributed by atoms with E-state index in [4.69, 9.17) is 21.1 Å². The average Bonchev–Trinajstić information content (AvgIpc) is 2.85. The summed E-state index contributed by atoms with van der Waals surface area (Å²) in [5.41, 5.74) is 2.18. The Bertz CT molecular complexity index is 1160. The Morgan fingerprint density at radius 1 is 1.06 bits per heavy atom. The number of nitrogens with one attached hydrogen (secondary N) is 2. The Morgan fingerprint density at radius 3 is 2.68 bits per heavy atom. The van der Waals surface area contributed by atoms with Gasteiger partial charge in [0.15, 0.2) is 0 Å². The molecule has 3 aromatic rings. The molecule has 1 amide bonds. The van der Waals surface area contributed by atoms with Gasteiger partial charge in [-0.15, -0.1) is 0 Å². The summed E-state index contributed by atoms with van der Waals surface area (Å²) in [4.78, 5) is 12.4. The molecule has 1 saturated heterocycles. The molecule has 0 radical (unpaired) electrons. The number of carbonyl (C=O) groups is 1. The number of phenolic OH excluding ortho intramolecular Hbond substituents is 1. The average molecular weight is 479 g/mol. The molecule has 0 spiro atoms. The highest BCUT2D eigenvalue weighted by molar-refractivity contribution is 6.32.